The van der Waals surface area contributed by atoms with Gasteiger partial charge in [0.05, 0.1) is 6.61 Å². The van der Waals surface area contributed by atoms with Crippen molar-refractivity contribution in [3.63, 3.8) is 0 Å². The summed E-state index contributed by atoms with van der Waals surface area (Å²) in [6, 6.07) is 0. The number of carbonyl (C=O) groups excluding carboxylic acids is 1. The molecule has 19 heavy (non-hydrogen) atoms. The Morgan fingerprint density at radius 1 is 0.895 bits per heavy atom. The second-order valence-corrected chi connectivity index (χ2v) is 4.37. The second-order valence-electron chi connectivity index (χ2n) is 4.37. The zero-order valence-electron chi connectivity index (χ0n) is 11.4. The lowest BCUT2D eigenvalue weighted by molar-refractivity contribution is -0.200. The van der Waals surface area contributed by atoms with Crippen molar-refractivity contribution in [3.8, 4) is 0 Å². The zero-order chi connectivity index (χ0) is 14.6. The minimum Gasteiger partial charge on any atom is -0.457 e. The molecular formula is C13H23F3O3. The SMILES string of the molecule is CCCCCCCCCOCCOC(=O)C(F)(F)F. The number of carbonyl (C=O) groups is 1. The Kier molecular flexibility index (Phi) is 10.6. The van der Waals surface area contributed by atoms with Crippen LogP contribution in [0.15, 0.2) is 0 Å². The highest BCUT2D eigenvalue weighted by Gasteiger charge is 2.40. The van der Waals surface area contributed by atoms with Crippen molar-refractivity contribution in [2.24, 2.45) is 0 Å². The first kappa shape index (κ1) is 18.2. The smallest absolute Gasteiger partial charge is 0.457 e. The van der Waals surface area contributed by atoms with Crippen LogP contribution in [0, 0.1) is 0 Å². The van der Waals surface area contributed by atoms with Crippen molar-refractivity contribution in [2.75, 3.05) is 19.8 Å². The Labute approximate surface area is 112 Å². The first-order valence-corrected chi connectivity index (χ1v) is 6.80. The van der Waals surface area contributed by atoms with E-state index in [1.807, 2.05) is 0 Å². The van der Waals surface area contributed by atoms with E-state index >= 15 is 0 Å². The van der Waals surface area contributed by atoms with Gasteiger partial charge < -0.3 is 9.47 Å². The molecule has 0 saturated heterocycles. The molecule has 0 bridgehead atoms. The van der Waals surface area contributed by atoms with Crippen LogP contribution in [0.3, 0.4) is 0 Å². The summed E-state index contributed by atoms with van der Waals surface area (Å²) in [5.74, 6) is -2.16. The highest BCUT2D eigenvalue weighted by atomic mass is 19.4. The largest absolute Gasteiger partial charge is 0.490 e. The lowest BCUT2D eigenvalue weighted by Crippen LogP contribution is -2.26. The molecule has 6 heteroatoms. The van der Waals surface area contributed by atoms with Crippen LogP contribution in [0.25, 0.3) is 0 Å². The summed E-state index contributed by atoms with van der Waals surface area (Å²) in [6.07, 6.45) is 3.15. The molecule has 0 unspecified atom stereocenters. The molecule has 0 atom stereocenters. The molecule has 0 amide bonds. The summed E-state index contributed by atoms with van der Waals surface area (Å²) in [6.45, 7) is 2.32. The van der Waals surface area contributed by atoms with Gasteiger partial charge in [0, 0.05) is 6.61 Å². The Hall–Kier alpha value is -0.780. The molecule has 3 nitrogen and oxygen atoms in total. The Morgan fingerprint density at radius 3 is 2.05 bits per heavy atom. The molecule has 0 radical (unpaired) electrons. The molecule has 114 valence electrons. The summed E-state index contributed by atoms with van der Waals surface area (Å²) in [4.78, 5) is 10.3. The summed E-state index contributed by atoms with van der Waals surface area (Å²) in [5.41, 5.74) is 0. The number of esters is 1. The normalized spacial score (nSPS) is 11.6. The van der Waals surface area contributed by atoms with Crippen molar-refractivity contribution >= 4 is 5.97 Å². The van der Waals surface area contributed by atoms with Crippen molar-refractivity contribution in [1.29, 1.82) is 0 Å². The molecule has 0 heterocycles. The molecule has 0 aromatic rings. The Balaban J connectivity index is 3.17. The molecular weight excluding hydrogens is 261 g/mol. The molecule has 0 aliphatic carbocycles. The van der Waals surface area contributed by atoms with Gasteiger partial charge in [-0.1, -0.05) is 45.4 Å². The van der Waals surface area contributed by atoms with E-state index in [0.29, 0.717) is 6.61 Å². The number of hydrogen-bond acceptors (Lipinski definition) is 3. The maximum atomic E-state index is 11.7. The summed E-state index contributed by atoms with van der Waals surface area (Å²) < 4.78 is 44.3. The van der Waals surface area contributed by atoms with E-state index in [0.717, 1.165) is 19.3 Å². The van der Waals surface area contributed by atoms with Crippen LogP contribution in [-0.2, 0) is 14.3 Å². The number of ether oxygens (including phenoxy) is 2. The summed E-state index contributed by atoms with van der Waals surface area (Å²) in [7, 11) is 0. The standard InChI is InChI=1S/C13H23F3O3/c1-2-3-4-5-6-7-8-9-18-10-11-19-12(17)13(14,15)16/h2-11H2,1H3. The lowest BCUT2D eigenvalue weighted by atomic mass is 10.1. The minimum atomic E-state index is -4.92. The monoisotopic (exact) mass is 284 g/mol. The molecule has 0 spiro atoms. The summed E-state index contributed by atoms with van der Waals surface area (Å²) in [5, 5.41) is 0. The van der Waals surface area contributed by atoms with Crippen LogP contribution in [0.2, 0.25) is 0 Å². The molecule has 0 aromatic carbocycles. The molecule has 0 fully saturated rings. The van der Waals surface area contributed by atoms with Gasteiger partial charge >= 0.3 is 12.1 Å². The predicted molar refractivity (Wildman–Crippen MR) is 65.8 cm³/mol. The van der Waals surface area contributed by atoms with Gasteiger partial charge in [-0.25, -0.2) is 4.79 Å². The van der Waals surface area contributed by atoms with Crippen LogP contribution in [0.4, 0.5) is 13.2 Å². The molecule has 0 aliphatic rings. The molecule has 0 aliphatic heterocycles. The van der Waals surface area contributed by atoms with Gasteiger partial charge in [-0.3, -0.25) is 0 Å². The van der Waals surface area contributed by atoms with Gasteiger partial charge in [-0.05, 0) is 6.42 Å². The van der Waals surface area contributed by atoms with Crippen molar-refractivity contribution in [3.05, 3.63) is 0 Å². The van der Waals surface area contributed by atoms with Crippen LogP contribution < -0.4 is 0 Å². The lowest BCUT2D eigenvalue weighted by Gasteiger charge is -2.07. The zero-order valence-corrected chi connectivity index (χ0v) is 11.4. The van der Waals surface area contributed by atoms with E-state index in [4.69, 9.17) is 4.74 Å². The highest BCUT2D eigenvalue weighted by Crippen LogP contribution is 2.16. The number of alkyl halides is 3. The van der Waals surface area contributed by atoms with Gasteiger partial charge in [0.2, 0.25) is 0 Å². The average Bonchev–Trinajstić information content (AvgIpc) is 2.34. The van der Waals surface area contributed by atoms with Gasteiger partial charge in [-0.15, -0.1) is 0 Å². The summed E-state index contributed by atoms with van der Waals surface area (Å²) >= 11 is 0. The van der Waals surface area contributed by atoms with Gasteiger partial charge in [0.15, 0.2) is 0 Å². The fraction of sp³-hybridized carbons (Fsp3) is 0.923. The van der Waals surface area contributed by atoms with E-state index in [2.05, 4.69) is 11.7 Å². The topological polar surface area (TPSA) is 35.5 Å². The fourth-order valence-corrected chi connectivity index (χ4v) is 1.54. The van der Waals surface area contributed by atoms with E-state index in [1.54, 1.807) is 0 Å². The first-order chi connectivity index (χ1) is 8.98. The third-order valence-corrected chi connectivity index (χ3v) is 2.58. The minimum absolute atomic E-state index is 0.0116. The maximum absolute atomic E-state index is 11.7. The Bertz CT molecular complexity index is 230. The third-order valence-electron chi connectivity index (χ3n) is 2.58. The quantitative estimate of drug-likeness (QED) is 0.427. The van der Waals surface area contributed by atoms with Crippen molar-refractivity contribution in [1.82, 2.24) is 0 Å². The van der Waals surface area contributed by atoms with Crippen LogP contribution in [0.1, 0.15) is 51.9 Å². The van der Waals surface area contributed by atoms with Crippen LogP contribution in [-0.4, -0.2) is 32.0 Å². The molecule has 0 aromatic heterocycles. The van der Waals surface area contributed by atoms with E-state index in [1.165, 1.54) is 25.7 Å². The van der Waals surface area contributed by atoms with E-state index in [-0.39, 0.29) is 13.2 Å². The number of halogens is 3. The number of hydrogen-bond donors (Lipinski definition) is 0. The fourth-order valence-electron chi connectivity index (χ4n) is 1.54. The molecule has 0 saturated carbocycles. The van der Waals surface area contributed by atoms with Crippen LogP contribution >= 0.6 is 0 Å². The molecule has 0 rings (SSSR count). The van der Waals surface area contributed by atoms with Gasteiger partial charge in [0.25, 0.3) is 0 Å². The first-order valence-electron chi connectivity index (χ1n) is 6.80. The number of unbranched alkanes of at least 4 members (excludes halogenated alkanes) is 6. The van der Waals surface area contributed by atoms with Crippen LogP contribution in [0.5, 0.6) is 0 Å². The van der Waals surface area contributed by atoms with E-state index < -0.39 is 12.1 Å². The molecule has 0 N–H and O–H groups in total. The third kappa shape index (κ3) is 12.0. The van der Waals surface area contributed by atoms with Gasteiger partial charge in [0.1, 0.15) is 6.61 Å². The van der Waals surface area contributed by atoms with Crippen molar-refractivity contribution in [2.45, 2.75) is 58.0 Å². The highest BCUT2D eigenvalue weighted by molar-refractivity contribution is 5.75. The van der Waals surface area contributed by atoms with Crippen molar-refractivity contribution < 1.29 is 27.4 Å². The second kappa shape index (κ2) is 11.1. The number of rotatable bonds is 11. The average molecular weight is 284 g/mol. The van der Waals surface area contributed by atoms with Gasteiger partial charge in [-0.2, -0.15) is 13.2 Å². The predicted octanol–water partition coefficient (Wildman–Crippen LogP) is 3.86. The Morgan fingerprint density at radius 2 is 1.47 bits per heavy atom. The van der Waals surface area contributed by atoms with E-state index in [9.17, 15) is 18.0 Å². The maximum Gasteiger partial charge on any atom is 0.490 e.